The number of anilines is 1. The molecule has 0 spiro atoms. The van der Waals surface area contributed by atoms with Crippen molar-refractivity contribution in [3.63, 3.8) is 0 Å². The van der Waals surface area contributed by atoms with Gasteiger partial charge >= 0.3 is 6.09 Å². The Kier molecular flexibility index (Phi) is 2.19. The summed E-state index contributed by atoms with van der Waals surface area (Å²) in [5.74, 6) is -0.147. The minimum absolute atomic E-state index is 0.147. The molecule has 15 heavy (non-hydrogen) atoms. The smallest absolute Gasteiger partial charge is 0.414 e. The molecule has 1 aromatic rings. The number of aliphatic hydroxyl groups excluding tert-OH is 1. The highest BCUT2D eigenvalue weighted by Crippen LogP contribution is 2.36. The average Bonchev–Trinajstić information content (AvgIpc) is 2.16. The van der Waals surface area contributed by atoms with E-state index in [1.807, 2.05) is 0 Å². The normalized spacial score (nSPS) is 18.9. The van der Waals surface area contributed by atoms with Gasteiger partial charge in [-0.25, -0.2) is 4.79 Å². The van der Waals surface area contributed by atoms with Gasteiger partial charge in [-0.05, 0) is 6.07 Å². The molecule has 1 aliphatic rings. The second kappa shape index (κ2) is 3.39. The lowest BCUT2D eigenvalue weighted by Gasteiger charge is -2.29. The van der Waals surface area contributed by atoms with Crippen LogP contribution in [0.4, 0.5) is 10.5 Å². The number of hydrogen-bond donors (Lipinski definition) is 3. The van der Waals surface area contributed by atoms with Crippen LogP contribution in [0.5, 0.6) is 5.75 Å². The van der Waals surface area contributed by atoms with Gasteiger partial charge in [0.15, 0.2) is 12.0 Å². The number of amides is 1. The van der Waals surface area contributed by atoms with Crippen molar-refractivity contribution >= 4 is 11.8 Å². The Morgan fingerprint density at radius 3 is 2.93 bits per heavy atom. The molecule has 7 heteroatoms. The van der Waals surface area contributed by atoms with Gasteiger partial charge in [0.05, 0.1) is 5.69 Å². The SMILES string of the molecule is O=C1NC(O)c2cccc(N([O-])O)c2O1. The second-order valence-electron chi connectivity index (χ2n) is 2.90. The monoisotopic (exact) mass is 211 g/mol. The summed E-state index contributed by atoms with van der Waals surface area (Å²) in [5, 5.41) is 30.5. The average molecular weight is 211 g/mol. The van der Waals surface area contributed by atoms with Crippen LogP contribution in [0.15, 0.2) is 18.2 Å². The molecular weight excluding hydrogens is 204 g/mol. The lowest BCUT2D eigenvalue weighted by Crippen LogP contribution is -2.36. The lowest BCUT2D eigenvalue weighted by atomic mass is 10.1. The third-order valence-electron chi connectivity index (χ3n) is 1.97. The van der Waals surface area contributed by atoms with Crippen LogP contribution in [-0.2, 0) is 0 Å². The van der Waals surface area contributed by atoms with E-state index in [4.69, 9.17) is 5.21 Å². The summed E-state index contributed by atoms with van der Waals surface area (Å²) in [4.78, 5) is 10.9. The Labute approximate surface area is 84.0 Å². The molecule has 3 N–H and O–H groups in total. The van der Waals surface area contributed by atoms with Crippen molar-refractivity contribution in [1.82, 2.24) is 5.32 Å². The molecule has 2 rings (SSSR count). The molecule has 1 amide bonds. The summed E-state index contributed by atoms with van der Waals surface area (Å²) in [6, 6.07) is 4.17. The number of hydrogen-bond acceptors (Lipinski definition) is 6. The second-order valence-corrected chi connectivity index (χ2v) is 2.90. The van der Waals surface area contributed by atoms with E-state index in [1.165, 1.54) is 18.2 Å². The van der Waals surface area contributed by atoms with Crippen molar-refractivity contribution < 1.29 is 19.8 Å². The van der Waals surface area contributed by atoms with Crippen molar-refractivity contribution in [2.45, 2.75) is 6.23 Å². The van der Waals surface area contributed by atoms with Gasteiger partial charge in [-0.2, -0.15) is 0 Å². The van der Waals surface area contributed by atoms with Crippen molar-refractivity contribution in [2.24, 2.45) is 0 Å². The minimum atomic E-state index is -1.25. The summed E-state index contributed by atoms with van der Waals surface area (Å²) < 4.78 is 4.68. The maximum absolute atomic E-state index is 10.9. The zero-order valence-corrected chi connectivity index (χ0v) is 7.38. The van der Waals surface area contributed by atoms with Gasteiger partial charge in [-0.1, -0.05) is 12.1 Å². The van der Waals surface area contributed by atoms with Gasteiger partial charge in [0.1, 0.15) is 0 Å². The minimum Gasteiger partial charge on any atom is -0.733 e. The van der Waals surface area contributed by atoms with Gasteiger partial charge in [-0.15, -0.1) is 0 Å². The van der Waals surface area contributed by atoms with E-state index >= 15 is 0 Å². The molecule has 7 nitrogen and oxygen atoms in total. The first-order chi connectivity index (χ1) is 7.09. The number of fused-ring (bicyclic) bond motifs is 1. The number of para-hydroxylation sites is 1. The predicted molar refractivity (Wildman–Crippen MR) is 48.2 cm³/mol. The molecule has 0 radical (unpaired) electrons. The molecule has 1 aromatic carbocycles. The third-order valence-corrected chi connectivity index (χ3v) is 1.97. The lowest BCUT2D eigenvalue weighted by molar-refractivity contribution is 0.108. The van der Waals surface area contributed by atoms with Crippen LogP contribution >= 0.6 is 0 Å². The van der Waals surface area contributed by atoms with Gasteiger partial charge in [0.25, 0.3) is 0 Å². The van der Waals surface area contributed by atoms with Gasteiger partial charge in [0, 0.05) is 5.56 Å². The number of rotatable bonds is 1. The molecule has 0 saturated heterocycles. The zero-order valence-electron chi connectivity index (χ0n) is 7.38. The number of ether oxygens (including phenoxy) is 1. The molecule has 0 fully saturated rings. The van der Waals surface area contributed by atoms with Crippen LogP contribution in [0.25, 0.3) is 0 Å². The molecule has 1 atom stereocenters. The maximum Gasteiger partial charge on any atom is 0.414 e. The van der Waals surface area contributed by atoms with E-state index in [0.29, 0.717) is 0 Å². The summed E-state index contributed by atoms with van der Waals surface area (Å²) in [6.07, 6.45) is -2.13. The highest BCUT2D eigenvalue weighted by atomic mass is 16.8. The summed E-state index contributed by atoms with van der Waals surface area (Å²) >= 11 is 0. The van der Waals surface area contributed by atoms with E-state index in [0.717, 1.165) is 0 Å². The Morgan fingerprint density at radius 1 is 1.53 bits per heavy atom. The van der Waals surface area contributed by atoms with Gasteiger partial charge < -0.3 is 20.3 Å². The standard InChI is InChI=1S/C8H7N2O5/c11-7-4-2-1-3-5(10(13)14)6(4)15-8(12)9-7/h1-3,7,11,13H,(H,9,12)/q-1. The summed E-state index contributed by atoms with van der Waals surface area (Å²) in [5.41, 5.74) is -0.0246. The van der Waals surface area contributed by atoms with Crippen LogP contribution in [0, 0.1) is 5.21 Å². The first-order valence-corrected chi connectivity index (χ1v) is 4.05. The van der Waals surface area contributed by atoms with Gasteiger partial charge in [-0.3, -0.25) is 10.5 Å². The number of carbonyl (C=O) groups is 1. The van der Waals surface area contributed by atoms with E-state index < -0.39 is 17.5 Å². The Morgan fingerprint density at radius 2 is 2.27 bits per heavy atom. The molecule has 0 saturated carbocycles. The number of benzene rings is 1. The summed E-state index contributed by atoms with van der Waals surface area (Å²) in [6.45, 7) is 0. The molecule has 0 aromatic heterocycles. The van der Waals surface area contributed by atoms with Crippen molar-refractivity contribution in [1.29, 1.82) is 0 Å². The molecule has 1 aliphatic heterocycles. The van der Waals surface area contributed by atoms with E-state index in [1.54, 1.807) is 0 Å². The first kappa shape index (κ1) is 9.71. The number of nitrogens with one attached hydrogen (secondary N) is 1. The quantitative estimate of drug-likeness (QED) is 0.583. The molecule has 1 heterocycles. The van der Waals surface area contributed by atoms with E-state index in [2.05, 4.69) is 10.1 Å². The fraction of sp³-hybridized carbons (Fsp3) is 0.125. The topological polar surface area (TPSA) is 105 Å². The fourth-order valence-corrected chi connectivity index (χ4v) is 1.33. The highest BCUT2D eigenvalue weighted by Gasteiger charge is 2.26. The number of carbonyl (C=O) groups excluding carboxylic acids is 1. The predicted octanol–water partition coefficient (Wildman–Crippen LogP) is 0.473. The van der Waals surface area contributed by atoms with Crippen LogP contribution in [0.2, 0.25) is 0 Å². The van der Waals surface area contributed by atoms with Crippen LogP contribution in [-0.4, -0.2) is 16.4 Å². The van der Waals surface area contributed by atoms with E-state index in [9.17, 15) is 15.1 Å². The highest BCUT2D eigenvalue weighted by molar-refractivity contribution is 5.78. The molecule has 80 valence electrons. The zero-order chi connectivity index (χ0) is 11.0. The summed E-state index contributed by atoms with van der Waals surface area (Å²) in [7, 11) is 0. The Balaban J connectivity index is 2.54. The largest absolute Gasteiger partial charge is 0.733 e. The maximum atomic E-state index is 10.9. The molecule has 1 unspecified atom stereocenters. The Bertz CT molecular complexity index is 392. The van der Waals surface area contributed by atoms with Crippen LogP contribution < -0.4 is 15.3 Å². The fourth-order valence-electron chi connectivity index (χ4n) is 1.33. The van der Waals surface area contributed by atoms with Crippen LogP contribution in [0.1, 0.15) is 11.8 Å². The van der Waals surface area contributed by atoms with Gasteiger partial charge in [0.2, 0.25) is 0 Å². The molecular formula is C8H7N2O5-. The van der Waals surface area contributed by atoms with Crippen molar-refractivity contribution in [3.8, 4) is 5.75 Å². The number of nitrogens with zero attached hydrogens (tertiary/aromatic N) is 1. The third kappa shape index (κ3) is 1.59. The molecule has 0 aliphatic carbocycles. The Hall–Kier alpha value is -1.83. The van der Waals surface area contributed by atoms with Crippen LogP contribution in [0.3, 0.4) is 0 Å². The molecule has 0 bridgehead atoms. The first-order valence-electron chi connectivity index (χ1n) is 4.05. The van der Waals surface area contributed by atoms with Crippen molar-refractivity contribution in [3.05, 3.63) is 29.0 Å². The number of aliphatic hydroxyl groups is 1. The van der Waals surface area contributed by atoms with E-state index in [-0.39, 0.29) is 17.0 Å². The van der Waals surface area contributed by atoms with Crippen molar-refractivity contribution in [2.75, 3.05) is 5.23 Å².